The summed E-state index contributed by atoms with van der Waals surface area (Å²) in [7, 11) is 3.13. The standard InChI is InChI=1S/C15H14BrNO5S/c1-21-8-5-9-11(12(16)13(8)22-2)7-6-17(4-3-10(18)19)15(20)14(7)23-9/h5H,3-4,6H2,1-2H3,(H,18,19). The number of carboxylic acids is 1. The van der Waals surface area contributed by atoms with Gasteiger partial charge >= 0.3 is 5.97 Å². The van der Waals surface area contributed by atoms with Crippen LogP contribution in [-0.4, -0.2) is 42.6 Å². The van der Waals surface area contributed by atoms with Gasteiger partial charge in [0.05, 0.1) is 30.0 Å². The SMILES string of the molecule is COc1cc2sc3c(c2c(Br)c1OC)CN(CCC(=O)O)C3=O. The number of halogens is 1. The molecule has 1 aliphatic rings. The van der Waals surface area contributed by atoms with Crippen LogP contribution in [0.3, 0.4) is 0 Å². The number of carboxylic acid groups (broad SMARTS) is 1. The van der Waals surface area contributed by atoms with E-state index >= 15 is 0 Å². The maximum absolute atomic E-state index is 12.5. The van der Waals surface area contributed by atoms with Crippen molar-refractivity contribution in [3.05, 3.63) is 21.0 Å². The molecule has 0 unspecified atom stereocenters. The Kier molecular flexibility index (Phi) is 4.20. The summed E-state index contributed by atoms with van der Waals surface area (Å²) < 4.78 is 12.4. The first-order chi connectivity index (χ1) is 11.0. The van der Waals surface area contributed by atoms with Crippen molar-refractivity contribution in [1.82, 2.24) is 4.90 Å². The summed E-state index contributed by atoms with van der Waals surface area (Å²) >= 11 is 4.94. The zero-order chi connectivity index (χ0) is 16.7. The van der Waals surface area contributed by atoms with E-state index in [1.807, 2.05) is 6.07 Å². The number of methoxy groups -OCH3 is 2. The Hall–Kier alpha value is -1.80. The van der Waals surface area contributed by atoms with Crippen LogP contribution in [0.15, 0.2) is 10.5 Å². The van der Waals surface area contributed by atoms with Crippen LogP contribution in [0.2, 0.25) is 0 Å². The predicted octanol–water partition coefficient (Wildman–Crippen LogP) is 3.11. The first kappa shape index (κ1) is 16.1. The minimum atomic E-state index is -0.912. The summed E-state index contributed by atoms with van der Waals surface area (Å²) in [6, 6.07) is 1.86. The summed E-state index contributed by atoms with van der Waals surface area (Å²) in [6.07, 6.45) is -0.0586. The van der Waals surface area contributed by atoms with Gasteiger partial charge in [-0.2, -0.15) is 0 Å². The summed E-state index contributed by atoms with van der Waals surface area (Å²) in [6.45, 7) is 0.623. The molecule has 0 saturated heterocycles. The van der Waals surface area contributed by atoms with E-state index in [0.29, 0.717) is 22.9 Å². The number of carbonyl (C=O) groups excluding carboxylic acids is 1. The third kappa shape index (κ3) is 2.55. The molecule has 0 spiro atoms. The zero-order valence-corrected chi connectivity index (χ0v) is 14.9. The van der Waals surface area contributed by atoms with Crippen molar-refractivity contribution < 1.29 is 24.2 Å². The quantitative estimate of drug-likeness (QED) is 0.835. The van der Waals surface area contributed by atoms with Crippen LogP contribution in [-0.2, 0) is 11.3 Å². The zero-order valence-electron chi connectivity index (χ0n) is 12.5. The summed E-state index contributed by atoms with van der Waals surface area (Å²) in [5.41, 5.74) is 0.910. The molecule has 0 saturated carbocycles. The largest absolute Gasteiger partial charge is 0.493 e. The molecule has 1 aliphatic heterocycles. The number of ether oxygens (including phenoxy) is 2. The number of amides is 1. The van der Waals surface area contributed by atoms with Crippen molar-refractivity contribution in [1.29, 1.82) is 0 Å². The van der Waals surface area contributed by atoms with Gasteiger partial charge in [0, 0.05) is 34.8 Å². The van der Waals surface area contributed by atoms with E-state index in [0.717, 1.165) is 20.1 Å². The number of fused-ring (bicyclic) bond motifs is 3. The molecular weight excluding hydrogens is 386 g/mol. The van der Waals surface area contributed by atoms with Crippen LogP contribution in [0.25, 0.3) is 10.1 Å². The van der Waals surface area contributed by atoms with Gasteiger partial charge in [-0.3, -0.25) is 9.59 Å². The second-order valence-corrected chi connectivity index (χ2v) is 6.92. The van der Waals surface area contributed by atoms with Gasteiger partial charge in [0.1, 0.15) is 0 Å². The van der Waals surface area contributed by atoms with Crippen molar-refractivity contribution in [3.63, 3.8) is 0 Å². The van der Waals surface area contributed by atoms with Crippen LogP contribution < -0.4 is 9.47 Å². The van der Waals surface area contributed by atoms with Crippen molar-refractivity contribution in [3.8, 4) is 11.5 Å². The van der Waals surface area contributed by atoms with Crippen LogP contribution in [0.1, 0.15) is 21.7 Å². The molecule has 1 amide bonds. The first-order valence-corrected chi connectivity index (χ1v) is 8.45. The Balaban J connectivity index is 2.07. The van der Waals surface area contributed by atoms with E-state index in [-0.39, 0.29) is 18.9 Å². The highest BCUT2D eigenvalue weighted by Gasteiger charge is 2.33. The lowest BCUT2D eigenvalue weighted by atomic mass is 10.1. The van der Waals surface area contributed by atoms with Gasteiger partial charge in [0.25, 0.3) is 5.91 Å². The maximum atomic E-state index is 12.5. The molecule has 6 nitrogen and oxygen atoms in total. The second-order valence-electron chi connectivity index (χ2n) is 5.08. The van der Waals surface area contributed by atoms with E-state index in [9.17, 15) is 9.59 Å². The topological polar surface area (TPSA) is 76.1 Å². The molecule has 8 heteroatoms. The Morgan fingerprint density at radius 1 is 1.43 bits per heavy atom. The molecule has 1 aromatic heterocycles. The van der Waals surface area contributed by atoms with E-state index in [2.05, 4.69) is 15.9 Å². The van der Waals surface area contributed by atoms with Crippen LogP contribution in [0, 0.1) is 0 Å². The van der Waals surface area contributed by atoms with Gasteiger partial charge in [-0.1, -0.05) is 0 Å². The molecule has 2 aromatic rings. The fraction of sp³-hybridized carbons (Fsp3) is 0.333. The summed E-state index contributed by atoms with van der Waals surface area (Å²) in [4.78, 5) is 25.4. The maximum Gasteiger partial charge on any atom is 0.305 e. The van der Waals surface area contributed by atoms with E-state index in [4.69, 9.17) is 14.6 Å². The lowest BCUT2D eigenvalue weighted by molar-refractivity contribution is -0.137. The molecule has 3 rings (SSSR count). The Morgan fingerprint density at radius 2 is 2.17 bits per heavy atom. The third-order valence-electron chi connectivity index (χ3n) is 3.79. The summed E-state index contributed by atoms with van der Waals surface area (Å²) in [5.74, 6) is 0.150. The van der Waals surface area contributed by atoms with Gasteiger partial charge in [0.15, 0.2) is 11.5 Å². The Bertz CT molecular complexity index is 816. The highest BCUT2D eigenvalue weighted by Crippen LogP contribution is 2.48. The van der Waals surface area contributed by atoms with Crippen LogP contribution >= 0.6 is 27.3 Å². The van der Waals surface area contributed by atoms with Crippen LogP contribution in [0.5, 0.6) is 11.5 Å². The van der Waals surface area contributed by atoms with Gasteiger partial charge in [-0.05, 0) is 15.9 Å². The molecular formula is C15H14BrNO5S. The fourth-order valence-corrected chi connectivity index (χ4v) is 4.88. The number of rotatable bonds is 5. The minimum absolute atomic E-state index is 0.0586. The van der Waals surface area contributed by atoms with Crippen molar-refractivity contribution in [2.75, 3.05) is 20.8 Å². The molecule has 2 heterocycles. The molecule has 0 radical (unpaired) electrons. The van der Waals surface area contributed by atoms with Gasteiger partial charge in [-0.25, -0.2) is 0 Å². The number of hydrogen-bond donors (Lipinski definition) is 1. The average molecular weight is 400 g/mol. The van der Waals surface area contributed by atoms with Crippen molar-refractivity contribution >= 4 is 49.2 Å². The Morgan fingerprint density at radius 3 is 2.78 bits per heavy atom. The number of carbonyl (C=O) groups is 2. The third-order valence-corrected chi connectivity index (χ3v) is 5.71. The van der Waals surface area contributed by atoms with Gasteiger partial charge in [-0.15, -0.1) is 11.3 Å². The lowest BCUT2D eigenvalue weighted by Crippen LogP contribution is -2.26. The molecule has 1 N–H and O–H groups in total. The molecule has 122 valence electrons. The smallest absolute Gasteiger partial charge is 0.305 e. The lowest BCUT2D eigenvalue weighted by Gasteiger charge is -2.15. The average Bonchev–Trinajstić information content (AvgIpc) is 3.02. The molecule has 0 fully saturated rings. The number of benzene rings is 1. The molecule has 0 aliphatic carbocycles. The number of nitrogens with zero attached hydrogens (tertiary/aromatic N) is 1. The van der Waals surface area contributed by atoms with Crippen molar-refractivity contribution in [2.45, 2.75) is 13.0 Å². The molecule has 23 heavy (non-hydrogen) atoms. The summed E-state index contributed by atoms with van der Waals surface area (Å²) in [5, 5.41) is 9.72. The van der Waals surface area contributed by atoms with E-state index < -0.39 is 5.97 Å². The number of aliphatic carboxylic acids is 1. The molecule has 1 aromatic carbocycles. The highest BCUT2D eigenvalue weighted by atomic mass is 79.9. The first-order valence-electron chi connectivity index (χ1n) is 6.84. The Labute approximate surface area is 144 Å². The van der Waals surface area contributed by atoms with Gasteiger partial charge < -0.3 is 19.5 Å². The van der Waals surface area contributed by atoms with Gasteiger partial charge in [0.2, 0.25) is 0 Å². The molecule has 0 bridgehead atoms. The van der Waals surface area contributed by atoms with Crippen LogP contribution in [0.4, 0.5) is 0 Å². The minimum Gasteiger partial charge on any atom is -0.493 e. The monoisotopic (exact) mass is 399 g/mol. The normalized spacial score (nSPS) is 13.5. The fourth-order valence-electron chi connectivity index (χ4n) is 2.72. The number of hydrogen-bond acceptors (Lipinski definition) is 5. The predicted molar refractivity (Wildman–Crippen MR) is 89.6 cm³/mol. The van der Waals surface area contributed by atoms with Crippen molar-refractivity contribution in [2.24, 2.45) is 0 Å². The molecule has 0 atom stereocenters. The van der Waals surface area contributed by atoms with E-state index in [1.54, 1.807) is 19.1 Å². The number of thiophene rings is 1. The second kappa shape index (κ2) is 6.01. The van der Waals surface area contributed by atoms with E-state index in [1.165, 1.54) is 11.3 Å². The highest BCUT2D eigenvalue weighted by molar-refractivity contribution is 9.10.